The number of phenolic OH excluding ortho intramolecular Hbond substituents is 2. The Morgan fingerprint density at radius 3 is 2.05 bits per heavy atom. The highest BCUT2D eigenvalue weighted by atomic mass is 32.2. The molecule has 3 nitrogen and oxygen atoms in total. The quantitative estimate of drug-likeness (QED) is 0.666. The third kappa shape index (κ3) is 4.46. The molecule has 0 spiro atoms. The monoisotopic (exact) mass is 292 g/mol. The summed E-state index contributed by atoms with van der Waals surface area (Å²) in [5.41, 5.74) is 0. The Labute approximate surface area is 120 Å². The van der Waals surface area contributed by atoms with Crippen LogP contribution in [0, 0.1) is 0 Å². The lowest BCUT2D eigenvalue weighted by Crippen LogP contribution is -2.07. The van der Waals surface area contributed by atoms with Gasteiger partial charge in [0.05, 0.1) is 5.75 Å². The highest BCUT2D eigenvalue weighted by Gasteiger charge is 2.02. The molecule has 0 aliphatic rings. The van der Waals surface area contributed by atoms with E-state index in [1.165, 1.54) is 11.8 Å². The van der Waals surface area contributed by atoms with Gasteiger partial charge in [-0.2, -0.15) is 0 Å². The lowest BCUT2D eigenvalue weighted by molar-refractivity contribution is 0.473. The summed E-state index contributed by atoms with van der Waals surface area (Å²) in [5, 5.41) is 18.8. The van der Waals surface area contributed by atoms with Crippen molar-refractivity contribution in [2.45, 2.75) is 4.90 Å². The second-order valence-electron chi connectivity index (χ2n) is 3.75. The van der Waals surface area contributed by atoms with Crippen LogP contribution < -0.4 is 4.74 Å². The maximum atomic E-state index is 9.17. The Bertz CT molecular complexity index is 550. The highest BCUT2D eigenvalue weighted by molar-refractivity contribution is 8.01. The van der Waals surface area contributed by atoms with Gasteiger partial charge in [-0.1, -0.05) is 0 Å². The second kappa shape index (κ2) is 6.45. The van der Waals surface area contributed by atoms with Gasteiger partial charge in [-0.05, 0) is 60.7 Å². The van der Waals surface area contributed by atoms with E-state index in [4.69, 9.17) is 22.1 Å². The molecule has 0 saturated carbocycles. The van der Waals surface area contributed by atoms with Crippen molar-refractivity contribution in [3.63, 3.8) is 0 Å². The zero-order valence-electron chi connectivity index (χ0n) is 9.95. The van der Waals surface area contributed by atoms with E-state index in [1.807, 2.05) is 12.1 Å². The maximum Gasteiger partial charge on any atom is 0.177 e. The standard InChI is InChI=1S/C14H12O3S2/c15-10-1-5-12(6-2-10)17-14(18)9-19-13-7-3-11(16)4-8-13/h1-8,15-16H,9H2. The maximum absolute atomic E-state index is 9.17. The molecule has 2 aromatic rings. The van der Waals surface area contributed by atoms with Crippen LogP contribution in [0.5, 0.6) is 17.2 Å². The summed E-state index contributed by atoms with van der Waals surface area (Å²) in [6, 6.07) is 13.3. The number of ether oxygens (including phenoxy) is 1. The summed E-state index contributed by atoms with van der Waals surface area (Å²) < 4.78 is 5.46. The molecular formula is C14H12O3S2. The van der Waals surface area contributed by atoms with Crippen molar-refractivity contribution in [1.82, 2.24) is 0 Å². The summed E-state index contributed by atoms with van der Waals surface area (Å²) in [7, 11) is 0. The normalized spacial score (nSPS) is 10.1. The molecule has 0 radical (unpaired) electrons. The number of benzene rings is 2. The van der Waals surface area contributed by atoms with Gasteiger partial charge in [0.25, 0.3) is 0 Å². The van der Waals surface area contributed by atoms with Crippen molar-refractivity contribution >= 4 is 29.0 Å². The van der Waals surface area contributed by atoms with Crippen molar-refractivity contribution in [3.05, 3.63) is 48.5 Å². The molecule has 0 saturated heterocycles. The fourth-order valence-corrected chi connectivity index (χ4v) is 2.30. The Kier molecular flexibility index (Phi) is 4.65. The van der Waals surface area contributed by atoms with E-state index in [0.717, 1.165) is 4.90 Å². The molecule has 0 aliphatic heterocycles. The van der Waals surface area contributed by atoms with E-state index in [1.54, 1.807) is 36.4 Å². The van der Waals surface area contributed by atoms with E-state index in [-0.39, 0.29) is 11.5 Å². The van der Waals surface area contributed by atoms with Crippen molar-refractivity contribution in [1.29, 1.82) is 0 Å². The zero-order valence-corrected chi connectivity index (χ0v) is 11.6. The van der Waals surface area contributed by atoms with Crippen LogP contribution >= 0.6 is 24.0 Å². The molecule has 0 aliphatic carbocycles. The summed E-state index contributed by atoms with van der Waals surface area (Å²) in [5.74, 6) is 1.58. The van der Waals surface area contributed by atoms with Crippen molar-refractivity contribution in [2.75, 3.05) is 5.75 Å². The minimum Gasteiger partial charge on any atom is -0.508 e. The van der Waals surface area contributed by atoms with Gasteiger partial charge in [0.1, 0.15) is 17.2 Å². The van der Waals surface area contributed by atoms with Gasteiger partial charge in [-0.25, -0.2) is 0 Å². The van der Waals surface area contributed by atoms with Gasteiger partial charge in [0.15, 0.2) is 5.05 Å². The van der Waals surface area contributed by atoms with Gasteiger partial charge in [0.2, 0.25) is 0 Å². The Balaban J connectivity index is 1.84. The van der Waals surface area contributed by atoms with Crippen LogP contribution in [0.3, 0.4) is 0 Å². The number of thiocarbonyl (C=S) groups is 1. The van der Waals surface area contributed by atoms with Gasteiger partial charge in [0, 0.05) is 4.90 Å². The molecule has 2 rings (SSSR count). The first-order valence-corrected chi connectivity index (χ1v) is 6.94. The van der Waals surface area contributed by atoms with Crippen LogP contribution in [-0.4, -0.2) is 21.0 Å². The van der Waals surface area contributed by atoms with Crippen LogP contribution in [0.25, 0.3) is 0 Å². The Morgan fingerprint density at radius 1 is 0.947 bits per heavy atom. The van der Waals surface area contributed by atoms with Crippen molar-refractivity contribution < 1.29 is 14.9 Å². The molecule has 5 heteroatoms. The molecule has 2 N–H and O–H groups in total. The number of rotatable bonds is 4. The number of hydrogen-bond acceptors (Lipinski definition) is 5. The largest absolute Gasteiger partial charge is 0.508 e. The first-order chi connectivity index (χ1) is 9.13. The zero-order chi connectivity index (χ0) is 13.7. The summed E-state index contributed by atoms with van der Waals surface area (Å²) in [6.45, 7) is 0. The first kappa shape index (κ1) is 13.7. The van der Waals surface area contributed by atoms with Gasteiger partial charge >= 0.3 is 0 Å². The number of hydrogen-bond donors (Lipinski definition) is 2. The average molecular weight is 292 g/mol. The van der Waals surface area contributed by atoms with Crippen LogP contribution in [-0.2, 0) is 0 Å². The van der Waals surface area contributed by atoms with Gasteiger partial charge in [-0.15, -0.1) is 11.8 Å². The Morgan fingerprint density at radius 2 is 1.47 bits per heavy atom. The van der Waals surface area contributed by atoms with Crippen LogP contribution in [0.15, 0.2) is 53.4 Å². The molecule has 19 heavy (non-hydrogen) atoms. The number of phenols is 2. The lowest BCUT2D eigenvalue weighted by atomic mass is 10.3. The second-order valence-corrected chi connectivity index (χ2v) is 5.25. The smallest absolute Gasteiger partial charge is 0.177 e. The van der Waals surface area contributed by atoms with Crippen molar-refractivity contribution in [2.24, 2.45) is 0 Å². The van der Waals surface area contributed by atoms with E-state index in [2.05, 4.69) is 0 Å². The third-order valence-electron chi connectivity index (χ3n) is 2.26. The highest BCUT2D eigenvalue weighted by Crippen LogP contribution is 2.22. The Hall–Kier alpha value is -1.72. The fraction of sp³-hybridized carbons (Fsp3) is 0.0714. The minimum absolute atomic E-state index is 0.191. The van der Waals surface area contributed by atoms with E-state index >= 15 is 0 Å². The first-order valence-electron chi connectivity index (χ1n) is 5.55. The minimum atomic E-state index is 0.191. The predicted molar refractivity (Wildman–Crippen MR) is 80.2 cm³/mol. The molecular weight excluding hydrogens is 280 g/mol. The molecule has 0 unspecified atom stereocenters. The van der Waals surface area contributed by atoms with Crippen molar-refractivity contribution in [3.8, 4) is 17.2 Å². The van der Waals surface area contributed by atoms with E-state index < -0.39 is 0 Å². The molecule has 0 atom stereocenters. The number of thioether (sulfide) groups is 1. The fourth-order valence-electron chi connectivity index (χ4n) is 1.36. The summed E-state index contributed by atoms with van der Waals surface area (Å²) in [6.07, 6.45) is 0. The molecule has 98 valence electrons. The van der Waals surface area contributed by atoms with E-state index in [9.17, 15) is 5.11 Å². The van der Waals surface area contributed by atoms with Crippen LogP contribution in [0.1, 0.15) is 0 Å². The summed E-state index contributed by atoms with van der Waals surface area (Å²) >= 11 is 6.67. The van der Waals surface area contributed by atoms with E-state index in [0.29, 0.717) is 16.6 Å². The SMILES string of the molecule is Oc1ccc(OC(=S)CSc2ccc(O)cc2)cc1. The predicted octanol–water partition coefficient (Wildman–Crippen LogP) is 3.60. The third-order valence-corrected chi connectivity index (χ3v) is 3.68. The van der Waals surface area contributed by atoms with Gasteiger partial charge in [-0.3, -0.25) is 0 Å². The summed E-state index contributed by atoms with van der Waals surface area (Å²) in [4.78, 5) is 1.01. The van der Waals surface area contributed by atoms with Gasteiger partial charge < -0.3 is 14.9 Å². The lowest BCUT2D eigenvalue weighted by Gasteiger charge is -2.07. The number of aromatic hydroxyl groups is 2. The molecule has 0 aromatic heterocycles. The topological polar surface area (TPSA) is 49.7 Å². The molecule has 0 bridgehead atoms. The molecule has 2 aromatic carbocycles. The molecule has 0 heterocycles. The molecule has 0 amide bonds. The van der Waals surface area contributed by atoms with Crippen LogP contribution in [0.4, 0.5) is 0 Å². The average Bonchev–Trinajstić information content (AvgIpc) is 2.41. The van der Waals surface area contributed by atoms with Crippen LogP contribution in [0.2, 0.25) is 0 Å². The molecule has 0 fully saturated rings.